The summed E-state index contributed by atoms with van der Waals surface area (Å²) in [7, 11) is -3.59. The molecule has 1 spiro atoms. The van der Waals surface area contributed by atoms with E-state index in [-0.39, 0.29) is 49.9 Å². The van der Waals surface area contributed by atoms with Crippen molar-refractivity contribution in [1.82, 2.24) is 25.8 Å². The van der Waals surface area contributed by atoms with Gasteiger partial charge in [0.25, 0.3) is 0 Å². The molecular weight excluding hydrogens is 733 g/mol. The highest BCUT2D eigenvalue weighted by Gasteiger charge is 2.47. The molecule has 56 heavy (non-hydrogen) atoms. The van der Waals surface area contributed by atoms with E-state index in [2.05, 4.69) is 25.7 Å². The van der Waals surface area contributed by atoms with Crippen molar-refractivity contribution < 1.29 is 27.6 Å². The van der Waals surface area contributed by atoms with Crippen LogP contribution in [0.4, 0.5) is 5.69 Å². The number of benzene rings is 2. The number of nitrogens with two attached hydrogens (primary N) is 2. The maximum atomic E-state index is 14.2. The van der Waals surface area contributed by atoms with Crippen LogP contribution in [0.1, 0.15) is 69.2 Å². The first-order valence-electron chi connectivity index (χ1n) is 19.5. The topological polar surface area (TPSA) is 219 Å². The molecule has 3 heterocycles. The quantitative estimate of drug-likeness (QED) is 0.110. The summed E-state index contributed by atoms with van der Waals surface area (Å²) >= 11 is 0. The van der Waals surface area contributed by atoms with E-state index in [1.165, 1.54) is 0 Å². The maximum Gasteiger partial charge on any atom is 0.245 e. The van der Waals surface area contributed by atoms with Crippen LogP contribution < -0.4 is 32.1 Å². The zero-order valence-corrected chi connectivity index (χ0v) is 33.1. The second-order valence-corrected chi connectivity index (χ2v) is 17.2. The number of pyridine rings is 1. The Morgan fingerprint density at radius 3 is 2.02 bits per heavy atom. The Morgan fingerprint density at radius 1 is 0.804 bits per heavy atom. The number of piperidine rings is 1. The van der Waals surface area contributed by atoms with Gasteiger partial charge in [0, 0.05) is 31.1 Å². The molecule has 4 atom stereocenters. The largest absolute Gasteiger partial charge is 0.343 e. The summed E-state index contributed by atoms with van der Waals surface area (Å²) in [6, 6.07) is 18.2. The Morgan fingerprint density at radius 2 is 1.39 bits per heavy atom. The number of nitrogens with one attached hydrogen (secondary N) is 4. The number of carbonyl (C=O) groups is 4. The third-order valence-corrected chi connectivity index (χ3v) is 12.0. The minimum Gasteiger partial charge on any atom is -0.343 e. The molecule has 302 valence electrons. The van der Waals surface area contributed by atoms with Crippen LogP contribution in [-0.4, -0.2) is 91.5 Å². The molecule has 1 fully saturated rings. The van der Waals surface area contributed by atoms with Gasteiger partial charge in [0.1, 0.15) is 18.1 Å². The lowest BCUT2D eigenvalue weighted by atomic mass is 9.76. The molecule has 14 nitrogen and oxygen atoms in total. The van der Waals surface area contributed by atoms with Crippen molar-refractivity contribution in [3.05, 3.63) is 95.8 Å². The molecular formula is C41H56N8O6S. The van der Waals surface area contributed by atoms with Gasteiger partial charge in [-0.3, -0.25) is 28.9 Å². The summed E-state index contributed by atoms with van der Waals surface area (Å²) in [5, 5.41) is 8.66. The molecule has 0 aliphatic carbocycles. The zero-order chi connectivity index (χ0) is 40.3. The van der Waals surface area contributed by atoms with E-state index in [4.69, 9.17) is 11.5 Å². The first kappa shape index (κ1) is 42.3. The number of rotatable bonds is 17. The lowest BCUT2D eigenvalue weighted by molar-refractivity contribution is -0.139. The van der Waals surface area contributed by atoms with Gasteiger partial charge < -0.3 is 32.3 Å². The van der Waals surface area contributed by atoms with Crippen LogP contribution >= 0.6 is 0 Å². The normalized spacial score (nSPS) is 17.8. The molecule has 1 aromatic heterocycles. The number of fused-ring (bicyclic) bond motifs is 2. The molecule has 0 bridgehead atoms. The fourth-order valence-electron chi connectivity index (χ4n) is 7.60. The molecule has 8 N–H and O–H groups in total. The first-order chi connectivity index (χ1) is 26.8. The van der Waals surface area contributed by atoms with Crippen molar-refractivity contribution in [2.24, 2.45) is 17.4 Å². The Bertz CT molecular complexity index is 1900. The molecule has 2 aromatic carbocycles. The van der Waals surface area contributed by atoms with E-state index in [9.17, 15) is 27.6 Å². The van der Waals surface area contributed by atoms with Gasteiger partial charge in [-0.1, -0.05) is 74.5 Å². The highest BCUT2D eigenvalue weighted by Crippen LogP contribution is 2.42. The minimum atomic E-state index is -3.59. The van der Waals surface area contributed by atoms with Crippen molar-refractivity contribution in [2.75, 3.05) is 30.1 Å². The van der Waals surface area contributed by atoms with Gasteiger partial charge in [0.2, 0.25) is 33.7 Å². The fourth-order valence-corrected chi connectivity index (χ4v) is 9.32. The van der Waals surface area contributed by atoms with Crippen LogP contribution in [-0.2, 0) is 47.5 Å². The van der Waals surface area contributed by atoms with Gasteiger partial charge >= 0.3 is 0 Å². The molecule has 2 aliphatic rings. The SMILES string of the molecule is CC(C)C[C@@H](NC(=O)[C@@H](Cc1ccccc1)NC(=O)[C@H](N)Cc1ccccc1)C(=O)N[C@H](CCCCN)C(=O)N1CCC2(CC1)CS(=O)(=O)Nc1cccnc12. The second-order valence-electron chi connectivity index (χ2n) is 15.4. The van der Waals surface area contributed by atoms with Crippen LogP contribution in [0.3, 0.4) is 0 Å². The van der Waals surface area contributed by atoms with E-state index in [1.807, 2.05) is 74.5 Å². The highest BCUT2D eigenvalue weighted by atomic mass is 32.2. The van der Waals surface area contributed by atoms with Crippen molar-refractivity contribution in [3.8, 4) is 0 Å². The van der Waals surface area contributed by atoms with Crippen LogP contribution in [0, 0.1) is 5.92 Å². The van der Waals surface area contributed by atoms with Crippen molar-refractivity contribution in [1.29, 1.82) is 0 Å². The molecule has 2 aliphatic heterocycles. The summed E-state index contributed by atoms with van der Waals surface area (Å²) in [5.41, 5.74) is 14.2. The lowest BCUT2D eigenvalue weighted by Crippen LogP contribution is -2.59. The van der Waals surface area contributed by atoms with E-state index in [0.717, 1.165) is 11.1 Å². The number of unbranched alkanes of at least 4 members (excludes halogenated alkanes) is 1. The molecule has 1 saturated heterocycles. The molecule has 5 rings (SSSR count). The third-order valence-electron chi connectivity index (χ3n) is 10.5. The fraction of sp³-hybridized carbons (Fsp3) is 0.488. The van der Waals surface area contributed by atoms with Crippen molar-refractivity contribution >= 4 is 39.3 Å². The predicted molar refractivity (Wildman–Crippen MR) is 216 cm³/mol. The molecule has 0 radical (unpaired) electrons. The summed E-state index contributed by atoms with van der Waals surface area (Å²) in [5.74, 6) is -1.96. The first-order valence-corrected chi connectivity index (χ1v) is 21.1. The number of carbonyl (C=O) groups excluding carboxylic acids is 4. The Kier molecular flexibility index (Phi) is 14.6. The minimum absolute atomic E-state index is 0.00469. The zero-order valence-electron chi connectivity index (χ0n) is 32.3. The molecule has 0 unspecified atom stereocenters. The van der Waals surface area contributed by atoms with E-state index < -0.39 is 57.3 Å². The number of nitrogens with zero attached hydrogens (tertiary/aromatic N) is 2. The van der Waals surface area contributed by atoms with E-state index in [0.29, 0.717) is 50.0 Å². The van der Waals surface area contributed by atoms with Crippen molar-refractivity contribution in [3.63, 3.8) is 0 Å². The maximum absolute atomic E-state index is 14.2. The van der Waals surface area contributed by atoms with Gasteiger partial charge in [-0.05, 0) is 80.7 Å². The van der Waals surface area contributed by atoms with Crippen LogP contribution in [0.25, 0.3) is 0 Å². The van der Waals surface area contributed by atoms with Gasteiger partial charge in [-0.2, -0.15) is 0 Å². The standard InChI is InChI=1S/C41H56N8O6S/c1-28(2)24-34(47-39(52)35(26-30-14-7-4-8-15-30)46-37(50)31(43)25-29-12-5-3-6-13-29)38(51)45-33(16-9-10-20-42)40(53)49-22-18-41(19-23-49)27-56(54,55)48-32-17-11-21-44-36(32)41/h3-8,11-15,17,21,28,31,33-35,48H,9-10,16,18-20,22-27,42-43H2,1-2H3,(H,45,51)(H,46,50)(H,47,52)/t31-,33-,34-,35-/m1/s1. The average Bonchev–Trinajstić information content (AvgIpc) is 3.17. The Balaban J connectivity index is 1.29. The van der Waals surface area contributed by atoms with E-state index in [1.54, 1.807) is 23.2 Å². The lowest BCUT2D eigenvalue weighted by Gasteiger charge is -2.44. The predicted octanol–water partition coefficient (Wildman–Crippen LogP) is 2.14. The second kappa shape index (κ2) is 19.3. The molecule has 3 aromatic rings. The van der Waals surface area contributed by atoms with Gasteiger partial charge in [0.05, 0.1) is 23.2 Å². The number of hydrogen-bond donors (Lipinski definition) is 6. The van der Waals surface area contributed by atoms with Crippen LogP contribution in [0.15, 0.2) is 79.0 Å². The highest BCUT2D eigenvalue weighted by molar-refractivity contribution is 7.92. The number of amides is 4. The number of sulfonamides is 1. The van der Waals surface area contributed by atoms with Gasteiger partial charge in [-0.25, -0.2) is 8.42 Å². The summed E-state index contributed by atoms with van der Waals surface area (Å²) in [6.07, 6.45) is 4.72. The van der Waals surface area contributed by atoms with Crippen molar-refractivity contribution in [2.45, 2.75) is 94.8 Å². The summed E-state index contributed by atoms with van der Waals surface area (Å²) in [4.78, 5) is 61.9. The monoisotopic (exact) mass is 788 g/mol. The molecule has 15 heteroatoms. The van der Waals surface area contributed by atoms with Gasteiger partial charge in [-0.15, -0.1) is 0 Å². The smallest absolute Gasteiger partial charge is 0.245 e. The van der Waals surface area contributed by atoms with Crippen LogP contribution in [0.5, 0.6) is 0 Å². The number of aromatic nitrogens is 1. The molecule has 4 amide bonds. The van der Waals surface area contributed by atoms with E-state index >= 15 is 0 Å². The summed E-state index contributed by atoms with van der Waals surface area (Å²) < 4.78 is 28.3. The Labute approximate surface area is 330 Å². The van der Waals surface area contributed by atoms with Gasteiger partial charge in [0.15, 0.2) is 0 Å². The van der Waals surface area contributed by atoms with Crippen LogP contribution in [0.2, 0.25) is 0 Å². The average molecular weight is 789 g/mol. The Hall–Kier alpha value is -4.86. The third kappa shape index (κ3) is 11.4. The number of anilines is 1. The number of hydrogen-bond acceptors (Lipinski definition) is 9. The molecule has 0 saturated carbocycles. The number of likely N-dealkylation sites (tertiary alicyclic amines) is 1. The summed E-state index contributed by atoms with van der Waals surface area (Å²) in [6.45, 7) is 4.85.